The molecule has 1 heterocycles. The first-order valence-corrected chi connectivity index (χ1v) is 6.96. The molecule has 20 heavy (non-hydrogen) atoms. The van der Waals surface area contributed by atoms with Crippen LogP contribution in [-0.2, 0) is 17.6 Å². The van der Waals surface area contributed by atoms with Gasteiger partial charge in [0.05, 0.1) is 0 Å². The minimum absolute atomic E-state index is 0.0986. The number of aryl methyl sites for hydroxylation is 2. The quantitative estimate of drug-likeness (QED) is 0.875. The Balaban J connectivity index is 1.67. The van der Waals surface area contributed by atoms with Gasteiger partial charge >= 0.3 is 0 Å². The predicted molar refractivity (Wildman–Crippen MR) is 80.5 cm³/mol. The maximum absolute atomic E-state index is 11.7. The number of pyridine rings is 1. The van der Waals surface area contributed by atoms with Crippen molar-refractivity contribution in [2.45, 2.75) is 26.2 Å². The standard InChI is InChI=1S/C17H20N2O/c1-14-5-7-15(8-6-14)9-10-17(20)19-13-11-16-4-2-3-12-18-16/h2-8,12H,9-11,13H2,1H3,(H,19,20). The zero-order valence-corrected chi connectivity index (χ0v) is 11.8. The second kappa shape index (κ2) is 7.43. The van der Waals surface area contributed by atoms with Gasteiger partial charge in [0.25, 0.3) is 0 Å². The van der Waals surface area contributed by atoms with Gasteiger partial charge in [-0.1, -0.05) is 35.9 Å². The van der Waals surface area contributed by atoms with E-state index < -0.39 is 0 Å². The molecule has 0 atom stereocenters. The van der Waals surface area contributed by atoms with Crippen molar-refractivity contribution in [3.05, 3.63) is 65.5 Å². The minimum atomic E-state index is 0.0986. The first kappa shape index (κ1) is 14.3. The van der Waals surface area contributed by atoms with Crippen molar-refractivity contribution in [2.75, 3.05) is 6.54 Å². The molecule has 0 fully saturated rings. The van der Waals surface area contributed by atoms with Gasteiger partial charge < -0.3 is 5.32 Å². The average molecular weight is 268 g/mol. The number of rotatable bonds is 6. The van der Waals surface area contributed by atoms with Crippen LogP contribution in [0, 0.1) is 6.92 Å². The number of hydrogen-bond acceptors (Lipinski definition) is 2. The lowest BCUT2D eigenvalue weighted by Crippen LogP contribution is -2.26. The fourth-order valence-corrected chi connectivity index (χ4v) is 1.98. The Morgan fingerprint density at radius 2 is 1.90 bits per heavy atom. The smallest absolute Gasteiger partial charge is 0.220 e. The van der Waals surface area contributed by atoms with E-state index in [4.69, 9.17) is 0 Å². The lowest BCUT2D eigenvalue weighted by Gasteiger charge is -2.05. The van der Waals surface area contributed by atoms with Gasteiger partial charge in [-0.3, -0.25) is 9.78 Å². The molecule has 0 saturated carbocycles. The molecule has 0 unspecified atom stereocenters. The van der Waals surface area contributed by atoms with Gasteiger partial charge in [-0.15, -0.1) is 0 Å². The molecular formula is C17H20N2O. The van der Waals surface area contributed by atoms with E-state index in [1.165, 1.54) is 11.1 Å². The summed E-state index contributed by atoms with van der Waals surface area (Å²) < 4.78 is 0. The molecule has 0 bridgehead atoms. The number of nitrogens with one attached hydrogen (secondary N) is 1. The second-order valence-corrected chi connectivity index (χ2v) is 4.91. The molecule has 0 saturated heterocycles. The van der Waals surface area contributed by atoms with Crippen LogP contribution in [-0.4, -0.2) is 17.4 Å². The van der Waals surface area contributed by atoms with Gasteiger partial charge in [-0.25, -0.2) is 0 Å². The summed E-state index contributed by atoms with van der Waals surface area (Å²) in [6.07, 6.45) is 3.87. The molecule has 1 aromatic carbocycles. The van der Waals surface area contributed by atoms with Crippen LogP contribution >= 0.6 is 0 Å². The molecule has 1 amide bonds. The van der Waals surface area contributed by atoms with Gasteiger partial charge in [-0.2, -0.15) is 0 Å². The molecule has 3 nitrogen and oxygen atoms in total. The Morgan fingerprint density at radius 3 is 2.60 bits per heavy atom. The number of carbonyl (C=O) groups excluding carboxylic acids is 1. The maximum Gasteiger partial charge on any atom is 0.220 e. The Labute approximate surface area is 120 Å². The molecule has 2 aromatic rings. The molecule has 104 valence electrons. The molecule has 0 spiro atoms. The summed E-state index contributed by atoms with van der Waals surface area (Å²) in [5.74, 6) is 0.0986. The Hall–Kier alpha value is -2.16. The van der Waals surface area contributed by atoms with E-state index >= 15 is 0 Å². The van der Waals surface area contributed by atoms with E-state index in [2.05, 4.69) is 41.5 Å². The number of nitrogens with zero attached hydrogens (tertiary/aromatic N) is 1. The zero-order valence-electron chi connectivity index (χ0n) is 11.8. The normalized spacial score (nSPS) is 10.2. The fraction of sp³-hybridized carbons (Fsp3) is 0.294. The molecule has 0 aliphatic heterocycles. The third-order valence-electron chi connectivity index (χ3n) is 3.19. The van der Waals surface area contributed by atoms with Crippen LogP contribution in [0.3, 0.4) is 0 Å². The molecule has 0 aliphatic carbocycles. The fourth-order valence-electron chi connectivity index (χ4n) is 1.98. The third-order valence-corrected chi connectivity index (χ3v) is 3.19. The predicted octanol–water partition coefficient (Wildman–Crippen LogP) is 2.68. The van der Waals surface area contributed by atoms with Crippen LogP contribution in [0.2, 0.25) is 0 Å². The molecular weight excluding hydrogens is 248 g/mol. The van der Waals surface area contributed by atoms with Gasteiger partial charge in [0.1, 0.15) is 0 Å². The summed E-state index contributed by atoms with van der Waals surface area (Å²) in [5.41, 5.74) is 3.45. The summed E-state index contributed by atoms with van der Waals surface area (Å²) in [6, 6.07) is 14.1. The van der Waals surface area contributed by atoms with Gasteiger partial charge in [0.2, 0.25) is 5.91 Å². The van der Waals surface area contributed by atoms with Crippen molar-refractivity contribution >= 4 is 5.91 Å². The van der Waals surface area contributed by atoms with Crippen molar-refractivity contribution in [3.63, 3.8) is 0 Å². The van der Waals surface area contributed by atoms with Crippen LogP contribution < -0.4 is 5.32 Å². The summed E-state index contributed by atoms with van der Waals surface area (Å²) in [5, 5.41) is 2.93. The summed E-state index contributed by atoms with van der Waals surface area (Å²) >= 11 is 0. The van der Waals surface area contributed by atoms with Crippen LogP contribution in [0.4, 0.5) is 0 Å². The molecule has 1 N–H and O–H groups in total. The lowest BCUT2D eigenvalue weighted by atomic mass is 10.1. The van der Waals surface area contributed by atoms with Crippen molar-refractivity contribution < 1.29 is 4.79 Å². The van der Waals surface area contributed by atoms with Crippen molar-refractivity contribution in [1.29, 1.82) is 0 Å². The number of carbonyl (C=O) groups is 1. The highest BCUT2D eigenvalue weighted by molar-refractivity contribution is 5.76. The summed E-state index contributed by atoms with van der Waals surface area (Å²) in [7, 11) is 0. The number of aromatic nitrogens is 1. The summed E-state index contributed by atoms with van der Waals surface area (Å²) in [6.45, 7) is 2.71. The van der Waals surface area contributed by atoms with Crippen LogP contribution in [0.15, 0.2) is 48.7 Å². The monoisotopic (exact) mass is 268 g/mol. The first-order valence-electron chi connectivity index (χ1n) is 6.96. The number of hydrogen-bond donors (Lipinski definition) is 1. The van der Waals surface area contributed by atoms with Crippen LogP contribution in [0.5, 0.6) is 0 Å². The molecule has 1 aromatic heterocycles. The van der Waals surface area contributed by atoms with Gasteiger partial charge in [0, 0.05) is 31.3 Å². The van der Waals surface area contributed by atoms with Crippen molar-refractivity contribution in [2.24, 2.45) is 0 Å². The maximum atomic E-state index is 11.7. The molecule has 0 aliphatic rings. The van der Waals surface area contributed by atoms with Crippen LogP contribution in [0.1, 0.15) is 23.2 Å². The van der Waals surface area contributed by atoms with Gasteiger partial charge in [-0.05, 0) is 31.0 Å². The van der Waals surface area contributed by atoms with E-state index in [0.717, 1.165) is 18.5 Å². The Morgan fingerprint density at radius 1 is 1.10 bits per heavy atom. The largest absolute Gasteiger partial charge is 0.356 e. The molecule has 0 radical (unpaired) electrons. The van der Waals surface area contributed by atoms with E-state index in [0.29, 0.717) is 13.0 Å². The minimum Gasteiger partial charge on any atom is -0.356 e. The Bertz CT molecular complexity index is 535. The first-order chi connectivity index (χ1) is 9.74. The van der Waals surface area contributed by atoms with E-state index in [9.17, 15) is 4.79 Å². The van der Waals surface area contributed by atoms with Crippen molar-refractivity contribution in [3.8, 4) is 0 Å². The van der Waals surface area contributed by atoms with E-state index in [1.807, 2.05) is 18.2 Å². The third kappa shape index (κ3) is 4.84. The highest BCUT2D eigenvalue weighted by Crippen LogP contribution is 2.05. The number of amides is 1. The van der Waals surface area contributed by atoms with Crippen molar-refractivity contribution in [1.82, 2.24) is 10.3 Å². The van der Waals surface area contributed by atoms with E-state index in [1.54, 1.807) is 6.20 Å². The Kier molecular flexibility index (Phi) is 5.30. The second-order valence-electron chi connectivity index (χ2n) is 4.91. The number of benzene rings is 1. The summed E-state index contributed by atoms with van der Waals surface area (Å²) in [4.78, 5) is 16.0. The topological polar surface area (TPSA) is 42.0 Å². The molecule has 2 rings (SSSR count). The lowest BCUT2D eigenvalue weighted by molar-refractivity contribution is -0.121. The van der Waals surface area contributed by atoms with E-state index in [-0.39, 0.29) is 5.91 Å². The SMILES string of the molecule is Cc1ccc(CCC(=O)NCCc2ccccn2)cc1. The highest BCUT2D eigenvalue weighted by atomic mass is 16.1. The zero-order chi connectivity index (χ0) is 14.2. The van der Waals surface area contributed by atoms with Crippen LogP contribution in [0.25, 0.3) is 0 Å². The highest BCUT2D eigenvalue weighted by Gasteiger charge is 2.02. The molecule has 3 heteroatoms. The average Bonchev–Trinajstić information content (AvgIpc) is 2.48. The van der Waals surface area contributed by atoms with Gasteiger partial charge in [0.15, 0.2) is 0 Å².